The van der Waals surface area contributed by atoms with Crippen molar-refractivity contribution in [1.82, 2.24) is 19.6 Å². The Morgan fingerprint density at radius 1 is 1.15 bits per heavy atom. The molecular weight excluding hydrogens is 528 g/mol. The molecule has 1 atom stereocenters. The Labute approximate surface area is 237 Å². The second-order valence-electron chi connectivity index (χ2n) is 12.7. The summed E-state index contributed by atoms with van der Waals surface area (Å²) in [6.07, 6.45) is 4.14. The molecule has 1 fully saturated rings. The van der Waals surface area contributed by atoms with Crippen molar-refractivity contribution in [1.29, 1.82) is 0 Å². The minimum Gasteiger partial charge on any atom is -0.384 e. The zero-order valence-electron chi connectivity index (χ0n) is 24.2. The van der Waals surface area contributed by atoms with Crippen molar-refractivity contribution < 1.29 is 18.0 Å². The van der Waals surface area contributed by atoms with Gasteiger partial charge in [0, 0.05) is 31.6 Å². The van der Waals surface area contributed by atoms with Crippen LogP contribution in [0.5, 0.6) is 0 Å². The highest BCUT2D eigenvalue weighted by molar-refractivity contribution is 7.90. The van der Waals surface area contributed by atoms with Crippen LogP contribution in [0.25, 0.3) is 5.57 Å². The number of nitrogens with zero attached hydrogens (tertiary/aromatic N) is 4. The number of aromatic nitrogens is 2. The van der Waals surface area contributed by atoms with Crippen molar-refractivity contribution >= 4 is 39.0 Å². The lowest BCUT2D eigenvalue weighted by molar-refractivity contribution is -0.132. The average molecular weight is 569 g/mol. The maximum Gasteiger partial charge on any atom is 0.281 e. The SMILES string of the molecule is C[C@@H]1CN(c2nc(C3=CCCN(C(=O)CC(C)(C)C)C3)ccc2C(=O)NS(=O)(=O)c2cccc(N)n2)C(C)(C)C1. The van der Waals surface area contributed by atoms with E-state index in [1.165, 1.54) is 18.2 Å². The van der Waals surface area contributed by atoms with Crippen molar-refractivity contribution in [3.63, 3.8) is 0 Å². The minimum atomic E-state index is -4.26. The number of anilines is 2. The summed E-state index contributed by atoms with van der Waals surface area (Å²) in [5, 5.41) is -0.338. The standard InChI is InChI=1S/C29H40N6O4S/c1-19-15-29(5,6)35(17-19)26-21(27(37)33-40(38,39)24-11-7-10-23(30)32-24)12-13-22(31-26)20-9-8-14-34(18-20)25(36)16-28(2,3)4/h7,9-13,19H,8,14-18H2,1-6H3,(H2,30,32)(H,33,37)/t19-/m0/s1. The fraction of sp³-hybridized carbons (Fsp3) is 0.517. The summed E-state index contributed by atoms with van der Waals surface area (Å²) in [7, 11) is -4.26. The molecule has 0 spiro atoms. The molecule has 1 saturated heterocycles. The summed E-state index contributed by atoms with van der Waals surface area (Å²) in [4.78, 5) is 39.1. The molecule has 216 valence electrons. The number of nitrogens with two attached hydrogens (primary N) is 1. The van der Waals surface area contributed by atoms with Gasteiger partial charge in [0.05, 0.1) is 11.3 Å². The third-order valence-electron chi connectivity index (χ3n) is 7.21. The molecule has 2 aliphatic heterocycles. The number of rotatable bonds is 6. The Morgan fingerprint density at radius 3 is 2.50 bits per heavy atom. The maximum absolute atomic E-state index is 13.5. The van der Waals surface area contributed by atoms with Gasteiger partial charge >= 0.3 is 0 Å². The minimum absolute atomic E-state index is 0.0330. The summed E-state index contributed by atoms with van der Waals surface area (Å²) in [5.41, 5.74) is 6.96. The van der Waals surface area contributed by atoms with Gasteiger partial charge in [0.25, 0.3) is 15.9 Å². The molecule has 0 bridgehead atoms. The van der Waals surface area contributed by atoms with Crippen LogP contribution in [0.1, 0.15) is 76.9 Å². The van der Waals surface area contributed by atoms with Gasteiger partial charge < -0.3 is 15.5 Å². The largest absolute Gasteiger partial charge is 0.384 e. The Kier molecular flexibility index (Phi) is 7.99. The first-order chi connectivity index (χ1) is 18.6. The number of pyridine rings is 2. The molecule has 2 amide bonds. The monoisotopic (exact) mass is 568 g/mol. The van der Waals surface area contributed by atoms with E-state index in [1.54, 1.807) is 12.1 Å². The van der Waals surface area contributed by atoms with Crippen LogP contribution < -0.4 is 15.4 Å². The molecule has 0 radical (unpaired) electrons. The van der Waals surface area contributed by atoms with Gasteiger partial charge in [-0.1, -0.05) is 39.8 Å². The molecule has 2 aromatic rings. The molecule has 11 heteroatoms. The van der Waals surface area contributed by atoms with Crippen LogP contribution in [0, 0.1) is 11.3 Å². The molecule has 0 aliphatic carbocycles. The van der Waals surface area contributed by atoms with Crippen molar-refractivity contribution in [2.24, 2.45) is 11.3 Å². The maximum atomic E-state index is 13.5. The van der Waals surface area contributed by atoms with Crippen LogP contribution in [0.4, 0.5) is 11.6 Å². The Balaban J connectivity index is 1.69. The first-order valence-electron chi connectivity index (χ1n) is 13.6. The van der Waals surface area contributed by atoms with Crippen LogP contribution in [-0.2, 0) is 14.8 Å². The summed E-state index contributed by atoms with van der Waals surface area (Å²) in [6, 6.07) is 7.55. The van der Waals surface area contributed by atoms with E-state index >= 15 is 0 Å². The summed E-state index contributed by atoms with van der Waals surface area (Å²) in [6.45, 7) is 14.2. The lowest BCUT2D eigenvalue weighted by Gasteiger charge is -2.34. The fourth-order valence-electron chi connectivity index (χ4n) is 5.49. The van der Waals surface area contributed by atoms with E-state index < -0.39 is 15.9 Å². The summed E-state index contributed by atoms with van der Waals surface area (Å²) < 4.78 is 28.1. The highest BCUT2D eigenvalue weighted by Crippen LogP contribution is 2.38. The quantitative estimate of drug-likeness (QED) is 0.536. The first kappa shape index (κ1) is 29.5. The Hall–Kier alpha value is -3.47. The van der Waals surface area contributed by atoms with Crippen LogP contribution in [0.2, 0.25) is 0 Å². The first-order valence-corrected chi connectivity index (χ1v) is 15.1. The lowest BCUT2D eigenvalue weighted by Crippen LogP contribution is -2.41. The number of carbonyl (C=O) groups is 2. The van der Waals surface area contributed by atoms with E-state index in [4.69, 9.17) is 10.7 Å². The van der Waals surface area contributed by atoms with Gasteiger partial charge in [-0.2, -0.15) is 8.42 Å². The molecule has 40 heavy (non-hydrogen) atoms. The summed E-state index contributed by atoms with van der Waals surface area (Å²) in [5.74, 6) is 0.109. The molecule has 3 N–H and O–H groups in total. The molecule has 4 heterocycles. The predicted molar refractivity (Wildman–Crippen MR) is 156 cm³/mol. The number of hydrogen-bond donors (Lipinski definition) is 2. The zero-order chi connectivity index (χ0) is 29.5. The second kappa shape index (κ2) is 10.8. The normalized spacial score (nSPS) is 19.4. The molecule has 0 unspecified atom stereocenters. The molecule has 4 rings (SSSR count). The van der Waals surface area contributed by atoms with E-state index in [0.29, 0.717) is 49.9 Å². The van der Waals surface area contributed by atoms with Gasteiger partial charge in [0.15, 0.2) is 5.03 Å². The Morgan fingerprint density at radius 2 is 1.88 bits per heavy atom. The smallest absolute Gasteiger partial charge is 0.281 e. The average Bonchev–Trinajstić information content (AvgIpc) is 3.14. The van der Waals surface area contributed by atoms with Crippen LogP contribution in [-0.4, -0.2) is 60.3 Å². The highest BCUT2D eigenvalue weighted by Gasteiger charge is 2.39. The van der Waals surface area contributed by atoms with E-state index in [0.717, 1.165) is 12.0 Å². The molecule has 0 aromatic carbocycles. The highest BCUT2D eigenvalue weighted by atomic mass is 32.2. The topological polar surface area (TPSA) is 139 Å². The third kappa shape index (κ3) is 6.63. The number of amides is 2. The van der Waals surface area contributed by atoms with Crippen LogP contribution in [0.15, 0.2) is 41.4 Å². The molecular formula is C29H40N6O4S. The predicted octanol–water partition coefficient (Wildman–Crippen LogP) is 3.85. The Bertz CT molecular complexity index is 1440. The van der Waals surface area contributed by atoms with E-state index in [-0.39, 0.29) is 33.3 Å². The molecule has 10 nitrogen and oxygen atoms in total. The molecule has 2 aromatic heterocycles. The van der Waals surface area contributed by atoms with Crippen molar-refractivity contribution in [3.8, 4) is 0 Å². The third-order valence-corrected chi connectivity index (χ3v) is 8.44. The number of nitrogens with one attached hydrogen (secondary N) is 1. The number of carbonyl (C=O) groups excluding carboxylic acids is 2. The number of sulfonamides is 1. The van der Waals surface area contributed by atoms with Gasteiger partial charge in [-0.05, 0) is 67.9 Å². The lowest BCUT2D eigenvalue weighted by atomic mass is 9.91. The zero-order valence-corrected chi connectivity index (χ0v) is 25.0. The summed E-state index contributed by atoms with van der Waals surface area (Å²) >= 11 is 0. The van der Waals surface area contributed by atoms with Crippen molar-refractivity contribution in [2.75, 3.05) is 30.3 Å². The number of hydrogen-bond acceptors (Lipinski definition) is 8. The van der Waals surface area contributed by atoms with Crippen LogP contribution in [0.3, 0.4) is 0 Å². The van der Waals surface area contributed by atoms with Gasteiger partial charge in [0.1, 0.15) is 11.6 Å². The molecule has 2 aliphatic rings. The van der Waals surface area contributed by atoms with Crippen LogP contribution >= 0.6 is 0 Å². The van der Waals surface area contributed by atoms with Gasteiger partial charge in [-0.15, -0.1) is 0 Å². The second-order valence-corrected chi connectivity index (χ2v) is 14.3. The van der Waals surface area contributed by atoms with Gasteiger partial charge in [0.2, 0.25) is 5.91 Å². The van der Waals surface area contributed by atoms with Gasteiger partial charge in [-0.25, -0.2) is 14.7 Å². The van der Waals surface area contributed by atoms with Gasteiger partial charge in [-0.3, -0.25) is 9.59 Å². The van der Waals surface area contributed by atoms with E-state index in [2.05, 4.69) is 41.5 Å². The number of nitrogen functional groups attached to an aromatic ring is 1. The fourth-order valence-corrected chi connectivity index (χ4v) is 6.43. The van der Waals surface area contributed by atoms with E-state index in [1.807, 2.05) is 25.7 Å². The molecule has 0 saturated carbocycles. The van der Waals surface area contributed by atoms with Crippen molar-refractivity contribution in [3.05, 3.63) is 47.7 Å². The van der Waals surface area contributed by atoms with Crippen molar-refractivity contribution in [2.45, 2.75) is 71.4 Å². The van der Waals surface area contributed by atoms with E-state index in [9.17, 15) is 18.0 Å².